The quantitative estimate of drug-likeness (QED) is 0.429. The summed E-state index contributed by atoms with van der Waals surface area (Å²) in [5, 5.41) is 6.39. The first kappa shape index (κ1) is 24.4. The molecule has 0 bridgehead atoms. The normalized spacial score (nSPS) is 17.1. The van der Waals surface area contributed by atoms with E-state index < -0.39 is 5.92 Å². The molecular formula is C31H30N2O4. The van der Waals surface area contributed by atoms with E-state index in [0.29, 0.717) is 41.4 Å². The number of benzene rings is 3. The Kier molecular flexibility index (Phi) is 7.08. The molecule has 37 heavy (non-hydrogen) atoms. The summed E-state index contributed by atoms with van der Waals surface area (Å²) >= 11 is 0. The van der Waals surface area contributed by atoms with Crippen LogP contribution >= 0.6 is 0 Å². The minimum absolute atomic E-state index is 0.0618. The van der Waals surface area contributed by atoms with E-state index in [1.807, 2.05) is 73.7 Å². The molecule has 0 unspecified atom stereocenters. The number of hydrogen-bond donors (Lipinski definition) is 2. The lowest BCUT2D eigenvalue weighted by Gasteiger charge is -2.35. The van der Waals surface area contributed by atoms with Crippen LogP contribution in [0.15, 0.2) is 101 Å². The van der Waals surface area contributed by atoms with Crippen LogP contribution < -0.4 is 20.1 Å². The van der Waals surface area contributed by atoms with E-state index in [-0.39, 0.29) is 11.7 Å². The van der Waals surface area contributed by atoms with Gasteiger partial charge < -0.3 is 20.1 Å². The number of carbonyl (C=O) groups is 2. The molecule has 3 aromatic carbocycles. The van der Waals surface area contributed by atoms with Crippen molar-refractivity contribution >= 4 is 17.4 Å². The first-order valence-electron chi connectivity index (χ1n) is 12.5. The van der Waals surface area contributed by atoms with Crippen molar-refractivity contribution in [2.75, 3.05) is 12.4 Å². The molecule has 1 heterocycles. The second-order valence-electron chi connectivity index (χ2n) is 9.23. The number of nitrogens with one attached hydrogen (secondary N) is 2. The largest absolute Gasteiger partial charge is 0.495 e. The minimum atomic E-state index is -0.550. The Morgan fingerprint density at radius 1 is 0.946 bits per heavy atom. The molecule has 2 aliphatic rings. The van der Waals surface area contributed by atoms with Crippen LogP contribution in [-0.2, 0) is 16.2 Å². The monoisotopic (exact) mass is 494 g/mol. The number of dihydropyridines is 1. The molecule has 5 rings (SSSR count). The molecule has 188 valence electrons. The van der Waals surface area contributed by atoms with Gasteiger partial charge >= 0.3 is 0 Å². The maximum atomic E-state index is 13.9. The molecule has 0 spiro atoms. The van der Waals surface area contributed by atoms with Gasteiger partial charge in [0.2, 0.25) is 0 Å². The first-order chi connectivity index (χ1) is 18.1. The molecule has 0 radical (unpaired) electrons. The number of methoxy groups -OCH3 is 1. The lowest BCUT2D eigenvalue weighted by atomic mass is 9.74. The number of allylic oxidation sites excluding steroid dienone is 3. The van der Waals surface area contributed by atoms with E-state index in [1.54, 1.807) is 19.2 Å². The second kappa shape index (κ2) is 10.7. The van der Waals surface area contributed by atoms with E-state index in [2.05, 4.69) is 10.6 Å². The van der Waals surface area contributed by atoms with Crippen molar-refractivity contribution < 1.29 is 19.1 Å². The van der Waals surface area contributed by atoms with Crippen LogP contribution in [0.3, 0.4) is 0 Å². The van der Waals surface area contributed by atoms with Gasteiger partial charge in [0.1, 0.15) is 18.1 Å². The number of anilines is 1. The summed E-state index contributed by atoms with van der Waals surface area (Å²) in [6.07, 6.45) is 2.02. The van der Waals surface area contributed by atoms with Gasteiger partial charge in [0, 0.05) is 34.5 Å². The Hall–Kier alpha value is -4.32. The summed E-state index contributed by atoms with van der Waals surface area (Å²) in [7, 11) is 1.57. The van der Waals surface area contributed by atoms with Crippen LogP contribution in [0.4, 0.5) is 5.69 Å². The third kappa shape index (κ3) is 5.00. The van der Waals surface area contributed by atoms with Crippen LogP contribution in [-0.4, -0.2) is 18.8 Å². The predicted molar refractivity (Wildman–Crippen MR) is 143 cm³/mol. The van der Waals surface area contributed by atoms with E-state index in [4.69, 9.17) is 9.47 Å². The second-order valence-corrected chi connectivity index (χ2v) is 9.23. The maximum Gasteiger partial charge on any atom is 0.254 e. The molecule has 0 saturated carbocycles. The van der Waals surface area contributed by atoms with Crippen LogP contribution in [0.25, 0.3) is 0 Å². The molecule has 1 aliphatic heterocycles. The van der Waals surface area contributed by atoms with Crippen molar-refractivity contribution in [2.45, 2.75) is 38.7 Å². The Balaban J connectivity index is 1.56. The SMILES string of the molecule is COc1ccccc1NC(=O)C1=C(C)NC2=C(C(=O)CCC2)[C@H]1c1ccccc1OCc1ccccc1. The molecule has 6 nitrogen and oxygen atoms in total. The van der Waals surface area contributed by atoms with Gasteiger partial charge in [-0.25, -0.2) is 0 Å². The first-order valence-corrected chi connectivity index (χ1v) is 12.5. The van der Waals surface area contributed by atoms with E-state index in [1.165, 1.54) is 0 Å². The average molecular weight is 495 g/mol. The molecule has 1 aliphatic carbocycles. The third-order valence-electron chi connectivity index (χ3n) is 6.84. The summed E-state index contributed by atoms with van der Waals surface area (Å²) in [6, 6.07) is 24.9. The molecular weight excluding hydrogens is 464 g/mol. The van der Waals surface area contributed by atoms with Crippen molar-refractivity contribution in [3.8, 4) is 11.5 Å². The van der Waals surface area contributed by atoms with Crippen LogP contribution in [0, 0.1) is 0 Å². The van der Waals surface area contributed by atoms with E-state index in [0.717, 1.165) is 35.4 Å². The summed E-state index contributed by atoms with van der Waals surface area (Å²) in [4.78, 5) is 27.2. The number of carbonyl (C=O) groups excluding carboxylic acids is 2. The minimum Gasteiger partial charge on any atom is -0.495 e. The number of ether oxygens (including phenoxy) is 2. The van der Waals surface area contributed by atoms with Gasteiger partial charge in [-0.15, -0.1) is 0 Å². The zero-order valence-electron chi connectivity index (χ0n) is 21.0. The Morgan fingerprint density at radius 3 is 2.43 bits per heavy atom. The van der Waals surface area contributed by atoms with Gasteiger partial charge in [0.05, 0.1) is 18.7 Å². The zero-order chi connectivity index (χ0) is 25.8. The Morgan fingerprint density at radius 2 is 1.65 bits per heavy atom. The average Bonchev–Trinajstić information content (AvgIpc) is 2.92. The van der Waals surface area contributed by atoms with Gasteiger partial charge in [-0.3, -0.25) is 9.59 Å². The highest BCUT2D eigenvalue weighted by Crippen LogP contribution is 2.45. The van der Waals surface area contributed by atoms with Crippen molar-refractivity contribution in [1.29, 1.82) is 0 Å². The van der Waals surface area contributed by atoms with Crippen molar-refractivity contribution in [3.05, 3.63) is 113 Å². The smallest absolute Gasteiger partial charge is 0.254 e. The van der Waals surface area contributed by atoms with Gasteiger partial charge in [0.15, 0.2) is 5.78 Å². The van der Waals surface area contributed by atoms with Crippen molar-refractivity contribution in [2.24, 2.45) is 0 Å². The summed E-state index contributed by atoms with van der Waals surface area (Å²) in [5.41, 5.74) is 5.17. The fraction of sp³-hybridized carbons (Fsp3) is 0.226. The number of para-hydroxylation sites is 3. The van der Waals surface area contributed by atoms with Crippen molar-refractivity contribution in [3.63, 3.8) is 0 Å². The number of rotatable bonds is 7. The highest BCUT2D eigenvalue weighted by atomic mass is 16.5. The van der Waals surface area contributed by atoms with Gasteiger partial charge in [-0.2, -0.15) is 0 Å². The maximum absolute atomic E-state index is 13.9. The lowest BCUT2D eigenvalue weighted by molar-refractivity contribution is -0.116. The Labute approximate surface area is 217 Å². The number of amides is 1. The number of Topliss-reactive ketones (excluding diaryl/α,β-unsaturated/α-hetero) is 1. The molecule has 6 heteroatoms. The number of ketones is 1. The topological polar surface area (TPSA) is 76.7 Å². The van der Waals surface area contributed by atoms with Crippen LogP contribution in [0.5, 0.6) is 11.5 Å². The molecule has 0 saturated heterocycles. The van der Waals surface area contributed by atoms with E-state index in [9.17, 15) is 9.59 Å². The fourth-order valence-electron chi connectivity index (χ4n) is 5.12. The van der Waals surface area contributed by atoms with Crippen LogP contribution in [0.2, 0.25) is 0 Å². The highest BCUT2D eigenvalue weighted by Gasteiger charge is 2.39. The highest BCUT2D eigenvalue weighted by molar-refractivity contribution is 6.10. The standard InChI is InChI=1S/C31H30N2O4/c1-20-28(31(35)33-23-14-7-9-18-27(23)36-2)29(30-24(32-20)15-10-16-25(30)34)22-13-6-8-17-26(22)37-19-21-11-4-3-5-12-21/h3-9,11-14,17-18,29,32H,10,15-16,19H2,1-2H3,(H,33,35)/t29-/m0/s1. The molecule has 2 N–H and O–H groups in total. The van der Waals surface area contributed by atoms with Crippen LogP contribution in [0.1, 0.15) is 43.2 Å². The van der Waals surface area contributed by atoms with Gasteiger partial charge in [-0.1, -0.05) is 60.7 Å². The predicted octanol–water partition coefficient (Wildman–Crippen LogP) is 5.88. The summed E-state index contributed by atoms with van der Waals surface area (Å²) in [6.45, 7) is 2.27. The fourth-order valence-corrected chi connectivity index (χ4v) is 5.12. The summed E-state index contributed by atoms with van der Waals surface area (Å²) in [5.74, 6) is 0.438. The molecule has 1 amide bonds. The zero-order valence-corrected chi connectivity index (χ0v) is 21.0. The third-order valence-corrected chi connectivity index (χ3v) is 6.84. The summed E-state index contributed by atoms with van der Waals surface area (Å²) < 4.78 is 11.7. The lowest BCUT2D eigenvalue weighted by Crippen LogP contribution is -2.35. The molecule has 0 fully saturated rings. The molecule has 3 aromatic rings. The van der Waals surface area contributed by atoms with Crippen molar-refractivity contribution in [1.82, 2.24) is 5.32 Å². The molecule has 1 atom stereocenters. The Bertz CT molecular complexity index is 1390. The number of hydrogen-bond acceptors (Lipinski definition) is 5. The van der Waals surface area contributed by atoms with Gasteiger partial charge in [0.25, 0.3) is 5.91 Å². The van der Waals surface area contributed by atoms with E-state index >= 15 is 0 Å². The molecule has 0 aromatic heterocycles. The van der Waals surface area contributed by atoms with Gasteiger partial charge in [-0.05, 0) is 43.5 Å².